The van der Waals surface area contributed by atoms with Crippen molar-refractivity contribution in [3.63, 3.8) is 0 Å². The van der Waals surface area contributed by atoms with Crippen LogP contribution in [0.2, 0.25) is 0 Å². The predicted molar refractivity (Wildman–Crippen MR) is 110 cm³/mol. The molecule has 2 aliphatic rings. The van der Waals surface area contributed by atoms with Crippen LogP contribution in [-0.4, -0.2) is 41.0 Å². The van der Waals surface area contributed by atoms with E-state index in [1.54, 1.807) is 0 Å². The number of amides is 1. The van der Waals surface area contributed by atoms with Gasteiger partial charge in [0.25, 0.3) is 0 Å². The Morgan fingerprint density at radius 1 is 1.33 bits per heavy atom. The van der Waals surface area contributed by atoms with Gasteiger partial charge in [-0.25, -0.2) is 0 Å². The number of nitrogens with zero attached hydrogens (tertiary/aromatic N) is 1. The van der Waals surface area contributed by atoms with Crippen molar-refractivity contribution in [2.75, 3.05) is 13.1 Å². The second kappa shape index (κ2) is 7.51. The minimum absolute atomic E-state index is 0.0176. The van der Waals surface area contributed by atoms with Crippen LogP contribution in [0.1, 0.15) is 51.2 Å². The summed E-state index contributed by atoms with van der Waals surface area (Å²) in [5.41, 5.74) is 5.29. The molecule has 27 heavy (non-hydrogen) atoms. The number of nitrogens with two attached hydrogens (primary N) is 1. The summed E-state index contributed by atoms with van der Waals surface area (Å²) in [5, 5.41) is 3.74. The first-order chi connectivity index (χ1) is 13.1. The largest absolute Gasteiger partial charge is 0.361 e. The van der Waals surface area contributed by atoms with E-state index in [0.717, 1.165) is 25.9 Å². The van der Waals surface area contributed by atoms with E-state index in [1.165, 1.54) is 40.4 Å². The SMILES string of the molecule is CCCCCN(C(=O)[C@@H]1C=C2c3cccc4[nH]cc(c34)C[C@H]2[NH2+]C1)C(C)C. The van der Waals surface area contributed by atoms with Crippen LogP contribution in [0.5, 0.6) is 0 Å². The number of H-pyrrole nitrogens is 1. The van der Waals surface area contributed by atoms with Crippen molar-refractivity contribution in [3.05, 3.63) is 41.6 Å². The molecule has 4 heteroatoms. The van der Waals surface area contributed by atoms with Crippen molar-refractivity contribution < 1.29 is 10.1 Å². The van der Waals surface area contributed by atoms with Crippen LogP contribution < -0.4 is 5.32 Å². The van der Waals surface area contributed by atoms with Crippen LogP contribution in [0.3, 0.4) is 0 Å². The summed E-state index contributed by atoms with van der Waals surface area (Å²) in [5.74, 6) is 0.284. The quantitative estimate of drug-likeness (QED) is 0.759. The third-order valence-corrected chi connectivity index (χ3v) is 6.22. The molecule has 144 valence electrons. The lowest BCUT2D eigenvalue weighted by atomic mass is 9.80. The number of carbonyl (C=O) groups is 1. The van der Waals surface area contributed by atoms with Gasteiger partial charge in [-0.3, -0.25) is 4.79 Å². The van der Waals surface area contributed by atoms with Crippen molar-refractivity contribution in [2.45, 2.75) is 58.5 Å². The maximum atomic E-state index is 13.3. The van der Waals surface area contributed by atoms with Crippen molar-refractivity contribution in [1.29, 1.82) is 0 Å². The van der Waals surface area contributed by atoms with Crippen LogP contribution in [-0.2, 0) is 11.2 Å². The highest BCUT2D eigenvalue weighted by atomic mass is 16.2. The zero-order chi connectivity index (χ0) is 19.0. The monoisotopic (exact) mass is 366 g/mol. The van der Waals surface area contributed by atoms with Gasteiger partial charge in [-0.1, -0.05) is 38.0 Å². The Morgan fingerprint density at radius 2 is 2.19 bits per heavy atom. The average Bonchev–Trinajstić information content (AvgIpc) is 3.09. The number of rotatable bonds is 6. The lowest BCUT2D eigenvalue weighted by Gasteiger charge is -2.34. The number of benzene rings is 1. The molecular weight excluding hydrogens is 334 g/mol. The Labute approximate surface area is 162 Å². The number of carbonyl (C=O) groups excluding carboxylic acids is 1. The molecule has 1 aromatic heterocycles. The summed E-state index contributed by atoms with van der Waals surface area (Å²) >= 11 is 0. The van der Waals surface area contributed by atoms with Crippen molar-refractivity contribution in [3.8, 4) is 0 Å². The molecule has 0 spiro atoms. The molecule has 0 unspecified atom stereocenters. The Morgan fingerprint density at radius 3 is 2.96 bits per heavy atom. The average molecular weight is 367 g/mol. The molecule has 1 aliphatic carbocycles. The van der Waals surface area contributed by atoms with Crippen LogP contribution in [0.25, 0.3) is 16.5 Å². The first-order valence-corrected chi connectivity index (χ1v) is 10.5. The maximum Gasteiger partial charge on any atom is 0.235 e. The first-order valence-electron chi connectivity index (χ1n) is 10.5. The van der Waals surface area contributed by atoms with E-state index in [0.29, 0.717) is 11.9 Å². The number of aromatic amines is 1. The van der Waals surface area contributed by atoms with Crippen LogP contribution in [0, 0.1) is 5.92 Å². The van der Waals surface area contributed by atoms with Gasteiger partial charge in [-0.15, -0.1) is 0 Å². The lowest BCUT2D eigenvalue weighted by molar-refractivity contribution is -0.681. The standard InChI is InChI=1S/C23H31N3O/c1-4-5-6-10-26(15(2)3)23(27)17-11-19-18-8-7-9-20-22(18)16(13-24-20)12-21(19)25-14-17/h7-9,11,13,15,17,21,24-25H,4-6,10,12,14H2,1-3H3/p+1/t17-,21-/m1/s1. The van der Waals surface area contributed by atoms with E-state index in [1.807, 2.05) is 0 Å². The van der Waals surface area contributed by atoms with E-state index in [4.69, 9.17) is 0 Å². The molecule has 2 heterocycles. The van der Waals surface area contributed by atoms with Crippen molar-refractivity contribution in [2.24, 2.45) is 5.92 Å². The minimum Gasteiger partial charge on any atom is -0.361 e. The molecule has 0 radical (unpaired) electrons. The molecule has 1 amide bonds. The topological polar surface area (TPSA) is 52.7 Å². The Kier molecular flexibility index (Phi) is 5.09. The highest BCUT2D eigenvalue weighted by Crippen LogP contribution is 2.36. The van der Waals surface area contributed by atoms with Gasteiger partial charge >= 0.3 is 0 Å². The second-order valence-electron chi connectivity index (χ2n) is 8.39. The van der Waals surface area contributed by atoms with Gasteiger partial charge in [-0.05, 0) is 37.5 Å². The number of hydrogen-bond acceptors (Lipinski definition) is 1. The molecular formula is C23H32N3O+. The Bertz CT molecular complexity index is 864. The van der Waals surface area contributed by atoms with E-state index >= 15 is 0 Å². The van der Waals surface area contributed by atoms with E-state index < -0.39 is 0 Å². The summed E-state index contributed by atoms with van der Waals surface area (Å²) in [6.45, 7) is 8.23. The Hall–Kier alpha value is -2.07. The highest BCUT2D eigenvalue weighted by molar-refractivity contribution is 5.98. The fraction of sp³-hybridized carbons (Fsp3) is 0.522. The van der Waals surface area contributed by atoms with Gasteiger partial charge in [0, 0.05) is 41.7 Å². The molecule has 1 aromatic carbocycles. The van der Waals surface area contributed by atoms with Gasteiger partial charge in [0.1, 0.15) is 12.0 Å². The molecule has 0 saturated heterocycles. The molecule has 4 rings (SSSR count). The van der Waals surface area contributed by atoms with Crippen LogP contribution in [0.4, 0.5) is 0 Å². The highest BCUT2D eigenvalue weighted by Gasteiger charge is 2.36. The maximum absolute atomic E-state index is 13.3. The number of hydrogen-bond donors (Lipinski definition) is 2. The fourth-order valence-electron chi connectivity index (χ4n) is 4.76. The van der Waals surface area contributed by atoms with Gasteiger partial charge in [0.15, 0.2) is 0 Å². The predicted octanol–water partition coefficient (Wildman–Crippen LogP) is 3.10. The molecule has 2 aromatic rings. The number of unbranched alkanes of at least 4 members (excludes halogenated alkanes) is 2. The van der Waals surface area contributed by atoms with Gasteiger partial charge in [0.05, 0.1) is 6.54 Å². The van der Waals surface area contributed by atoms with Crippen molar-refractivity contribution in [1.82, 2.24) is 9.88 Å². The normalized spacial score (nSPS) is 21.3. The Balaban J connectivity index is 1.63. The number of nitrogens with one attached hydrogen (secondary N) is 1. The number of aromatic nitrogens is 1. The number of quaternary nitrogens is 1. The third kappa shape index (κ3) is 3.31. The van der Waals surface area contributed by atoms with Gasteiger partial charge < -0.3 is 15.2 Å². The summed E-state index contributed by atoms with van der Waals surface area (Å²) in [4.78, 5) is 18.8. The fourth-order valence-corrected chi connectivity index (χ4v) is 4.76. The van der Waals surface area contributed by atoms with E-state index in [9.17, 15) is 4.79 Å². The molecule has 3 N–H and O–H groups in total. The zero-order valence-electron chi connectivity index (χ0n) is 16.8. The smallest absolute Gasteiger partial charge is 0.235 e. The first kappa shape index (κ1) is 18.3. The third-order valence-electron chi connectivity index (χ3n) is 6.22. The molecule has 0 bridgehead atoms. The molecule has 4 nitrogen and oxygen atoms in total. The van der Waals surface area contributed by atoms with Gasteiger partial charge in [-0.2, -0.15) is 0 Å². The van der Waals surface area contributed by atoms with Crippen molar-refractivity contribution >= 4 is 22.4 Å². The molecule has 2 atom stereocenters. The summed E-state index contributed by atoms with van der Waals surface area (Å²) in [6.07, 6.45) is 8.97. The second-order valence-corrected chi connectivity index (χ2v) is 8.39. The van der Waals surface area contributed by atoms with E-state index in [2.05, 4.69) is 66.4 Å². The van der Waals surface area contributed by atoms with Crippen LogP contribution >= 0.6 is 0 Å². The van der Waals surface area contributed by atoms with Crippen LogP contribution in [0.15, 0.2) is 30.5 Å². The zero-order valence-corrected chi connectivity index (χ0v) is 16.8. The number of fused-ring (bicyclic) bond motifs is 2. The summed E-state index contributed by atoms with van der Waals surface area (Å²) in [7, 11) is 0. The minimum atomic E-state index is -0.0176. The van der Waals surface area contributed by atoms with Gasteiger partial charge in [0.2, 0.25) is 5.91 Å². The molecule has 0 saturated carbocycles. The lowest BCUT2D eigenvalue weighted by Crippen LogP contribution is -2.93. The summed E-state index contributed by atoms with van der Waals surface area (Å²) < 4.78 is 0. The molecule has 1 aliphatic heterocycles. The summed E-state index contributed by atoms with van der Waals surface area (Å²) in [6, 6.07) is 7.19. The molecule has 0 fully saturated rings. The van der Waals surface area contributed by atoms with E-state index in [-0.39, 0.29) is 12.0 Å².